The van der Waals surface area contributed by atoms with Gasteiger partial charge in [-0.1, -0.05) is 0 Å². The van der Waals surface area contributed by atoms with Gasteiger partial charge in [-0.05, 0) is 12.8 Å². The Morgan fingerprint density at radius 2 is 2.09 bits per heavy atom. The van der Waals surface area contributed by atoms with Crippen molar-refractivity contribution in [1.29, 1.82) is 0 Å². The minimum atomic E-state index is -0.281. The van der Waals surface area contributed by atoms with E-state index in [1.54, 1.807) is 6.20 Å². The molecule has 1 saturated heterocycles. The fourth-order valence-electron chi connectivity index (χ4n) is 1.12. The van der Waals surface area contributed by atoms with Crippen molar-refractivity contribution in [2.24, 2.45) is 0 Å². The van der Waals surface area contributed by atoms with Gasteiger partial charge in [0.25, 0.3) is 0 Å². The minimum Gasteiger partial charge on any atom is -0.466 e. The molecule has 0 aromatic heterocycles. The summed E-state index contributed by atoms with van der Waals surface area (Å²) in [4.78, 5) is 12.8. The second kappa shape index (κ2) is 4.01. The number of hydrogen-bond acceptors (Lipinski definition) is 3. The van der Waals surface area contributed by atoms with E-state index in [-0.39, 0.29) is 5.97 Å². The third-order valence-corrected chi connectivity index (χ3v) is 1.76. The Kier molecular flexibility index (Phi) is 2.95. The van der Waals surface area contributed by atoms with Crippen LogP contribution in [0.3, 0.4) is 0 Å². The van der Waals surface area contributed by atoms with Crippen LogP contribution < -0.4 is 0 Å². The molecule has 0 aliphatic carbocycles. The molecule has 1 heterocycles. The predicted octanol–water partition coefficient (Wildman–Crippen LogP) is 0.769. The lowest BCUT2D eigenvalue weighted by Gasteiger charge is -2.08. The van der Waals surface area contributed by atoms with E-state index in [0.29, 0.717) is 0 Å². The second-order valence-electron chi connectivity index (χ2n) is 2.58. The number of carbonyl (C=O) groups excluding carboxylic acids is 1. The number of ether oxygens (including phenoxy) is 1. The van der Waals surface area contributed by atoms with Gasteiger partial charge in [0, 0.05) is 25.4 Å². The predicted molar refractivity (Wildman–Crippen MR) is 42.0 cm³/mol. The molecule has 0 unspecified atom stereocenters. The average molecular weight is 155 g/mol. The standard InChI is InChI=1S/C8H13NO2/c1-11-8(10)4-7-9-5-2-3-6-9/h4,7H,2-3,5-6H2,1H3/b7-4+. The van der Waals surface area contributed by atoms with E-state index in [2.05, 4.69) is 9.64 Å². The van der Waals surface area contributed by atoms with Crippen LogP contribution in [0.25, 0.3) is 0 Å². The van der Waals surface area contributed by atoms with Crippen LogP contribution in [-0.2, 0) is 9.53 Å². The molecule has 62 valence electrons. The van der Waals surface area contributed by atoms with Crippen LogP contribution in [0.1, 0.15) is 12.8 Å². The van der Waals surface area contributed by atoms with Crippen LogP contribution in [0.4, 0.5) is 0 Å². The van der Waals surface area contributed by atoms with Gasteiger partial charge in [0.05, 0.1) is 7.11 Å². The second-order valence-corrected chi connectivity index (χ2v) is 2.58. The lowest BCUT2D eigenvalue weighted by atomic mass is 10.4. The molecule has 1 aliphatic heterocycles. The summed E-state index contributed by atoms with van der Waals surface area (Å²) >= 11 is 0. The fraction of sp³-hybridized carbons (Fsp3) is 0.625. The summed E-state index contributed by atoms with van der Waals surface area (Å²) in [6.45, 7) is 2.13. The molecular formula is C8H13NO2. The molecule has 3 nitrogen and oxygen atoms in total. The van der Waals surface area contributed by atoms with E-state index >= 15 is 0 Å². The molecule has 1 rings (SSSR count). The first-order chi connectivity index (χ1) is 5.33. The van der Waals surface area contributed by atoms with Crippen molar-refractivity contribution in [3.63, 3.8) is 0 Å². The van der Waals surface area contributed by atoms with E-state index < -0.39 is 0 Å². The lowest BCUT2D eigenvalue weighted by molar-refractivity contribution is -0.134. The maximum Gasteiger partial charge on any atom is 0.331 e. The highest BCUT2D eigenvalue weighted by molar-refractivity contribution is 5.81. The van der Waals surface area contributed by atoms with Gasteiger partial charge in [-0.15, -0.1) is 0 Å². The molecule has 3 heteroatoms. The summed E-state index contributed by atoms with van der Waals surface area (Å²) in [6.07, 6.45) is 5.72. The van der Waals surface area contributed by atoms with Gasteiger partial charge in [0.2, 0.25) is 0 Å². The number of hydrogen-bond donors (Lipinski definition) is 0. The Morgan fingerprint density at radius 3 is 2.64 bits per heavy atom. The monoisotopic (exact) mass is 155 g/mol. The first kappa shape index (κ1) is 8.11. The van der Waals surface area contributed by atoms with Gasteiger partial charge >= 0.3 is 5.97 Å². The van der Waals surface area contributed by atoms with Gasteiger partial charge in [0.15, 0.2) is 0 Å². The highest BCUT2D eigenvalue weighted by Gasteiger charge is 2.06. The third-order valence-electron chi connectivity index (χ3n) is 1.76. The first-order valence-corrected chi connectivity index (χ1v) is 3.83. The average Bonchev–Trinajstić information content (AvgIpc) is 2.52. The van der Waals surface area contributed by atoms with E-state index in [0.717, 1.165) is 13.1 Å². The topological polar surface area (TPSA) is 29.5 Å². The maximum absolute atomic E-state index is 10.6. The zero-order valence-corrected chi connectivity index (χ0v) is 6.75. The van der Waals surface area contributed by atoms with Crippen molar-refractivity contribution in [1.82, 2.24) is 4.90 Å². The van der Waals surface area contributed by atoms with Crippen molar-refractivity contribution >= 4 is 5.97 Å². The zero-order valence-electron chi connectivity index (χ0n) is 6.75. The molecule has 0 aromatic carbocycles. The first-order valence-electron chi connectivity index (χ1n) is 3.83. The Bertz CT molecular complexity index is 159. The van der Waals surface area contributed by atoms with E-state index in [4.69, 9.17) is 0 Å². The fourth-order valence-corrected chi connectivity index (χ4v) is 1.12. The van der Waals surface area contributed by atoms with Gasteiger partial charge in [0.1, 0.15) is 0 Å². The Morgan fingerprint density at radius 1 is 1.45 bits per heavy atom. The summed E-state index contributed by atoms with van der Waals surface area (Å²) in [7, 11) is 1.39. The quantitative estimate of drug-likeness (QED) is 0.435. The molecular weight excluding hydrogens is 142 g/mol. The molecule has 0 aromatic rings. The minimum absolute atomic E-state index is 0.281. The number of esters is 1. The van der Waals surface area contributed by atoms with Gasteiger partial charge in [-0.2, -0.15) is 0 Å². The summed E-state index contributed by atoms with van der Waals surface area (Å²) in [5, 5.41) is 0. The van der Waals surface area contributed by atoms with Gasteiger partial charge in [-0.3, -0.25) is 0 Å². The number of rotatable bonds is 2. The molecule has 0 N–H and O–H groups in total. The Labute approximate surface area is 66.6 Å². The van der Waals surface area contributed by atoms with Crippen LogP contribution >= 0.6 is 0 Å². The van der Waals surface area contributed by atoms with Crippen molar-refractivity contribution < 1.29 is 9.53 Å². The largest absolute Gasteiger partial charge is 0.466 e. The van der Waals surface area contributed by atoms with Crippen LogP contribution in [0, 0.1) is 0 Å². The number of nitrogens with zero attached hydrogens (tertiary/aromatic N) is 1. The molecule has 0 saturated carbocycles. The summed E-state index contributed by atoms with van der Waals surface area (Å²) < 4.78 is 4.46. The van der Waals surface area contributed by atoms with Gasteiger partial charge in [-0.25, -0.2) is 4.79 Å². The number of carbonyl (C=O) groups is 1. The smallest absolute Gasteiger partial charge is 0.331 e. The molecule has 0 bridgehead atoms. The van der Waals surface area contributed by atoms with Crippen LogP contribution in [0.15, 0.2) is 12.3 Å². The van der Waals surface area contributed by atoms with Crippen molar-refractivity contribution in [3.8, 4) is 0 Å². The normalized spacial score (nSPS) is 17.7. The Hall–Kier alpha value is -0.990. The maximum atomic E-state index is 10.6. The van der Waals surface area contributed by atoms with E-state index in [1.807, 2.05) is 0 Å². The number of methoxy groups -OCH3 is 1. The molecule has 1 aliphatic rings. The lowest BCUT2D eigenvalue weighted by Crippen LogP contribution is -2.11. The highest BCUT2D eigenvalue weighted by atomic mass is 16.5. The van der Waals surface area contributed by atoms with Crippen LogP contribution in [-0.4, -0.2) is 31.1 Å². The molecule has 0 atom stereocenters. The van der Waals surface area contributed by atoms with Crippen LogP contribution in [0.5, 0.6) is 0 Å². The van der Waals surface area contributed by atoms with Crippen molar-refractivity contribution in [3.05, 3.63) is 12.3 Å². The van der Waals surface area contributed by atoms with Gasteiger partial charge < -0.3 is 9.64 Å². The zero-order chi connectivity index (χ0) is 8.10. The van der Waals surface area contributed by atoms with Crippen molar-refractivity contribution in [2.45, 2.75) is 12.8 Å². The Balaban J connectivity index is 2.27. The molecule has 1 fully saturated rings. The number of likely N-dealkylation sites (tertiary alicyclic amines) is 1. The molecule has 0 radical (unpaired) electrons. The summed E-state index contributed by atoms with van der Waals surface area (Å²) in [6, 6.07) is 0. The summed E-state index contributed by atoms with van der Waals surface area (Å²) in [5.41, 5.74) is 0. The molecule has 11 heavy (non-hydrogen) atoms. The van der Waals surface area contributed by atoms with E-state index in [9.17, 15) is 4.79 Å². The third kappa shape index (κ3) is 2.62. The summed E-state index contributed by atoms with van der Waals surface area (Å²) in [5.74, 6) is -0.281. The SMILES string of the molecule is COC(=O)/C=C/N1CCCC1. The van der Waals surface area contributed by atoms with E-state index in [1.165, 1.54) is 26.0 Å². The molecule has 0 spiro atoms. The highest BCUT2D eigenvalue weighted by Crippen LogP contribution is 2.06. The molecule has 0 amide bonds. The van der Waals surface area contributed by atoms with Crippen LogP contribution in [0.2, 0.25) is 0 Å². The van der Waals surface area contributed by atoms with Crippen molar-refractivity contribution in [2.75, 3.05) is 20.2 Å².